The Morgan fingerprint density at radius 2 is 2.05 bits per heavy atom. The van der Waals surface area contributed by atoms with Crippen LogP contribution in [-0.4, -0.2) is 36.2 Å². The van der Waals surface area contributed by atoms with Gasteiger partial charge in [-0.25, -0.2) is 0 Å². The second-order valence-electron chi connectivity index (χ2n) is 6.61. The molecule has 0 radical (unpaired) electrons. The van der Waals surface area contributed by atoms with Gasteiger partial charge >= 0.3 is 0 Å². The molecule has 0 aromatic heterocycles. The van der Waals surface area contributed by atoms with Crippen LogP contribution in [0.25, 0.3) is 0 Å². The topological polar surface area (TPSA) is 35.5 Å². The van der Waals surface area contributed by atoms with Crippen molar-refractivity contribution in [1.82, 2.24) is 10.2 Å². The van der Waals surface area contributed by atoms with E-state index in [9.17, 15) is 5.11 Å². The van der Waals surface area contributed by atoms with Crippen molar-refractivity contribution < 1.29 is 5.11 Å². The zero-order valence-electron chi connectivity index (χ0n) is 13.1. The molecule has 1 aromatic carbocycles. The first kappa shape index (κ1) is 14.9. The first-order valence-corrected chi connectivity index (χ1v) is 8.53. The van der Waals surface area contributed by atoms with Crippen LogP contribution < -0.4 is 5.32 Å². The Hall–Kier alpha value is -1.06. The van der Waals surface area contributed by atoms with E-state index < -0.39 is 0 Å². The predicted molar refractivity (Wildman–Crippen MR) is 86.6 cm³/mol. The molecule has 2 N–H and O–H groups in total. The van der Waals surface area contributed by atoms with Gasteiger partial charge in [-0.2, -0.15) is 0 Å². The molecule has 2 aliphatic rings. The standard InChI is InChI=1S/C18H28N2O/c1-2-20-10-8-14(9-11-20)13-19-18-5-3-4-15-6-7-16(21)12-17(15)18/h6-7,12,14,18-19,21H,2-5,8-11,13H2,1H3. The highest BCUT2D eigenvalue weighted by molar-refractivity contribution is 5.38. The summed E-state index contributed by atoms with van der Waals surface area (Å²) in [5.74, 6) is 1.22. The molecule has 1 atom stereocenters. The summed E-state index contributed by atoms with van der Waals surface area (Å²) in [5.41, 5.74) is 2.74. The third-order valence-corrected chi connectivity index (χ3v) is 5.25. The summed E-state index contributed by atoms with van der Waals surface area (Å²) >= 11 is 0. The molecule has 3 rings (SSSR count). The van der Waals surface area contributed by atoms with Gasteiger partial charge in [0.2, 0.25) is 0 Å². The molecule has 3 heteroatoms. The van der Waals surface area contributed by atoms with Crippen molar-refractivity contribution in [3.05, 3.63) is 29.3 Å². The van der Waals surface area contributed by atoms with E-state index in [0.29, 0.717) is 11.8 Å². The summed E-state index contributed by atoms with van der Waals surface area (Å²) in [6.45, 7) is 7.08. The van der Waals surface area contributed by atoms with Gasteiger partial charge < -0.3 is 15.3 Å². The number of hydrogen-bond donors (Lipinski definition) is 2. The Kier molecular flexibility index (Phi) is 4.81. The minimum Gasteiger partial charge on any atom is -0.508 e. The van der Waals surface area contributed by atoms with E-state index in [0.717, 1.165) is 18.9 Å². The zero-order valence-corrected chi connectivity index (χ0v) is 13.1. The number of aryl methyl sites for hydroxylation is 1. The van der Waals surface area contributed by atoms with Crippen LogP contribution in [0.2, 0.25) is 0 Å². The van der Waals surface area contributed by atoms with Crippen LogP contribution in [0.5, 0.6) is 5.75 Å². The molecule has 1 aliphatic carbocycles. The molecule has 0 amide bonds. The molecule has 3 nitrogen and oxygen atoms in total. The highest BCUT2D eigenvalue weighted by atomic mass is 16.3. The highest BCUT2D eigenvalue weighted by Crippen LogP contribution is 2.32. The lowest BCUT2D eigenvalue weighted by atomic mass is 9.87. The fraction of sp³-hybridized carbons (Fsp3) is 0.667. The SMILES string of the molecule is CCN1CCC(CNC2CCCc3ccc(O)cc32)CC1. The molecule has 1 unspecified atom stereocenters. The van der Waals surface area contributed by atoms with Crippen LogP contribution in [0.1, 0.15) is 49.8 Å². The summed E-state index contributed by atoms with van der Waals surface area (Å²) in [6, 6.07) is 6.32. The number of nitrogens with zero attached hydrogens (tertiary/aromatic N) is 1. The predicted octanol–water partition coefficient (Wildman–Crippen LogP) is 3.09. The number of hydrogen-bond acceptors (Lipinski definition) is 3. The first-order chi connectivity index (χ1) is 10.3. The van der Waals surface area contributed by atoms with E-state index in [1.54, 1.807) is 0 Å². The lowest BCUT2D eigenvalue weighted by Crippen LogP contribution is -2.38. The minimum absolute atomic E-state index is 0.402. The summed E-state index contributed by atoms with van der Waals surface area (Å²) in [5, 5.41) is 13.5. The summed E-state index contributed by atoms with van der Waals surface area (Å²) in [4.78, 5) is 2.55. The maximum atomic E-state index is 9.75. The van der Waals surface area contributed by atoms with Crippen molar-refractivity contribution in [3.63, 3.8) is 0 Å². The summed E-state index contributed by atoms with van der Waals surface area (Å²) in [7, 11) is 0. The maximum absolute atomic E-state index is 9.75. The van der Waals surface area contributed by atoms with Gasteiger partial charge in [-0.05, 0) is 87.5 Å². The Morgan fingerprint density at radius 3 is 2.81 bits per heavy atom. The molecule has 1 aliphatic heterocycles. The smallest absolute Gasteiger partial charge is 0.115 e. The molecule has 1 fully saturated rings. The quantitative estimate of drug-likeness (QED) is 0.893. The Morgan fingerprint density at radius 1 is 1.24 bits per heavy atom. The van der Waals surface area contributed by atoms with Gasteiger partial charge in [-0.3, -0.25) is 0 Å². The monoisotopic (exact) mass is 288 g/mol. The number of phenols is 1. The Balaban J connectivity index is 1.56. The number of likely N-dealkylation sites (tertiary alicyclic amines) is 1. The molecule has 21 heavy (non-hydrogen) atoms. The number of aromatic hydroxyl groups is 1. The fourth-order valence-corrected chi connectivity index (χ4v) is 3.81. The van der Waals surface area contributed by atoms with Crippen LogP contribution in [-0.2, 0) is 6.42 Å². The largest absolute Gasteiger partial charge is 0.508 e. The van der Waals surface area contributed by atoms with Gasteiger partial charge in [0, 0.05) is 6.04 Å². The average Bonchev–Trinajstić information content (AvgIpc) is 2.53. The number of fused-ring (bicyclic) bond motifs is 1. The molecule has 116 valence electrons. The average molecular weight is 288 g/mol. The molecule has 1 heterocycles. The van der Waals surface area contributed by atoms with Crippen LogP contribution >= 0.6 is 0 Å². The molecular weight excluding hydrogens is 260 g/mol. The van der Waals surface area contributed by atoms with E-state index in [1.807, 2.05) is 12.1 Å². The van der Waals surface area contributed by atoms with Gasteiger partial charge in [0.05, 0.1) is 0 Å². The van der Waals surface area contributed by atoms with Crippen molar-refractivity contribution >= 4 is 0 Å². The lowest BCUT2D eigenvalue weighted by Gasteiger charge is -2.33. The van der Waals surface area contributed by atoms with Gasteiger partial charge in [-0.1, -0.05) is 13.0 Å². The lowest BCUT2D eigenvalue weighted by molar-refractivity contribution is 0.186. The number of rotatable bonds is 4. The van der Waals surface area contributed by atoms with E-state index in [-0.39, 0.29) is 0 Å². The number of piperidine rings is 1. The van der Waals surface area contributed by atoms with E-state index in [4.69, 9.17) is 0 Å². The molecule has 0 spiro atoms. The van der Waals surface area contributed by atoms with Crippen molar-refractivity contribution in [3.8, 4) is 5.75 Å². The zero-order chi connectivity index (χ0) is 14.7. The van der Waals surface area contributed by atoms with Crippen molar-refractivity contribution in [1.29, 1.82) is 0 Å². The van der Waals surface area contributed by atoms with Crippen molar-refractivity contribution in [2.45, 2.75) is 45.1 Å². The Labute approximate surface area is 128 Å². The van der Waals surface area contributed by atoms with Crippen molar-refractivity contribution in [2.75, 3.05) is 26.2 Å². The maximum Gasteiger partial charge on any atom is 0.115 e. The van der Waals surface area contributed by atoms with E-state index >= 15 is 0 Å². The van der Waals surface area contributed by atoms with Crippen molar-refractivity contribution in [2.24, 2.45) is 5.92 Å². The van der Waals surface area contributed by atoms with E-state index in [2.05, 4.69) is 23.2 Å². The third-order valence-electron chi connectivity index (χ3n) is 5.25. The van der Waals surface area contributed by atoms with Crippen LogP contribution in [0.15, 0.2) is 18.2 Å². The minimum atomic E-state index is 0.402. The molecule has 1 saturated heterocycles. The summed E-state index contributed by atoms with van der Waals surface area (Å²) in [6.07, 6.45) is 6.25. The van der Waals surface area contributed by atoms with Crippen LogP contribution in [0.4, 0.5) is 0 Å². The normalized spacial score (nSPS) is 24.0. The number of nitrogens with one attached hydrogen (secondary N) is 1. The highest BCUT2D eigenvalue weighted by Gasteiger charge is 2.23. The van der Waals surface area contributed by atoms with Gasteiger partial charge in [0.1, 0.15) is 5.75 Å². The van der Waals surface area contributed by atoms with E-state index in [1.165, 1.54) is 56.4 Å². The van der Waals surface area contributed by atoms with Crippen LogP contribution in [0.3, 0.4) is 0 Å². The van der Waals surface area contributed by atoms with Gasteiger partial charge in [0.25, 0.3) is 0 Å². The molecular formula is C18H28N2O. The summed E-state index contributed by atoms with van der Waals surface area (Å²) < 4.78 is 0. The number of phenolic OH excluding ortho intramolecular Hbond substituents is 1. The molecule has 1 aromatic rings. The first-order valence-electron chi connectivity index (χ1n) is 8.53. The molecule has 0 bridgehead atoms. The second-order valence-corrected chi connectivity index (χ2v) is 6.61. The second kappa shape index (κ2) is 6.80. The Bertz CT molecular complexity index is 466. The molecule has 0 saturated carbocycles. The third kappa shape index (κ3) is 3.58. The fourth-order valence-electron chi connectivity index (χ4n) is 3.81. The number of benzene rings is 1. The van der Waals surface area contributed by atoms with Crippen LogP contribution in [0, 0.1) is 5.92 Å². The van der Waals surface area contributed by atoms with Gasteiger partial charge in [-0.15, -0.1) is 0 Å². The van der Waals surface area contributed by atoms with Gasteiger partial charge in [0.15, 0.2) is 0 Å².